The van der Waals surface area contributed by atoms with Crippen LogP contribution < -0.4 is 0 Å². The smallest absolute Gasteiger partial charge is 0.306 e. The Labute approximate surface area is 211 Å². The number of allylic oxidation sites excluding steroid dienone is 4. The van der Waals surface area contributed by atoms with E-state index < -0.39 is 17.5 Å². The van der Waals surface area contributed by atoms with Gasteiger partial charge in [-0.15, -0.1) is 0 Å². The highest BCUT2D eigenvalue weighted by molar-refractivity contribution is 5.71. The summed E-state index contributed by atoms with van der Waals surface area (Å²) in [5.41, 5.74) is 1.30. The first-order valence-electron chi connectivity index (χ1n) is 13.8. The first-order chi connectivity index (χ1) is 16.1. The van der Waals surface area contributed by atoms with Gasteiger partial charge in [-0.1, -0.05) is 46.8 Å². The second-order valence-corrected chi connectivity index (χ2v) is 14.3. The number of rotatable bonds is 2. The third kappa shape index (κ3) is 3.33. The molecule has 0 amide bonds. The van der Waals surface area contributed by atoms with Crippen molar-refractivity contribution in [2.45, 2.75) is 117 Å². The van der Waals surface area contributed by atoms with Crippen LogP contribution >= 0.6 is 0 Å². The predicted molar refractivity (Wildman–Crippen MR) is 136 cm³/mol. The van der Waals surface area contributed by atoms with Crippen molar-refractivity contribution in [3.05, 3.63) is 23.3 Å². The number of carbonyl (C=O) groups is 1. The fourth-order valence-corrected chi connectivity index (χ4v) is 9.50. The van der Waals surface area contributed by atoms with E-state index in [1.165, 1.54) is 11.1 Å². The maximum atomic E-state index is 12.6. The maximum Gasteiger partial charge on any atom is 0.306 e. The SMILES string of the molecule is CC(C)(O)[C@H]1CC[C@@H](C(=O)O)[C@H]2[C@@H](C[C@@]3(C)C4=CC[C@H]5C(C)(C)[C@@H](O)CC[C@]5(C)C4=CC[C@]23C)O1. The van der Waals surface area contributed by atoms with Gasteiger partial charge in [-0.2, -0.15) is 0 Å². The van der Waals surface area contributed by atoms with Gasteiger partial charge in [0.05, 0.1) is 29.8 Å². The highest BCUT2D eigenvalue weighted by Gasteiger charge is 2.68. The Morgan fingerprint density at radius 1 is 1.06 bits per heavy atom. The first-order valence-corrected chi connectivity index (χ1v) is 13.8. The molecule has 2 saturated carbocycles. The molecule has 0 spiro atoms. The Bertz CT molecular complexity index is 972. The van der Waals surface area contributed by atoms with E-state index in [-0.39, 0.29) is 45.9 Å². The minimum absolute atomic E-state index is 0.0183. The van der Waals surface area contributed by atoms with Crippen LogP contribution in [0.1, 0.15) is 93.4 Å². The van der Waals surface area contributed by atoms with Gasteiger partial charge in [0, 0.05) is 11.3 Å². The van der Waals surface area contributed by atoms with E-state index >= 15 is 0 Å². The molecule has 1 aliphatic heterocycles. The van der Waals surface area contributed by atoms with Crippen LogP contribution in [0.2, 0.25) is 0 Å². The molecule has 0 aromatic heterocycles. The zero-order valence-corrected chi connectivity index (χ0v) is 22.7. The number of hydrogen-bond donors (Lipinski definition) is 3. The van der Waals surface area contributed by atoms with E-state index in [4.69, 9.17) is 4.74 Å². The van der Waals surface area contributed by atoms with Gasteiger partial charge in [0.15, 0.2) is 0 Å². The summed E-state index contributed by atoms with van der Waals surface area (Å²) >= 11 is 0. The molecule has 4 aliphatic carbocycles. The number of aliphatic hydroxyl groups is 2. The van der Waals surface area contributed by atoms with E-state index in [1.54, 1.807) is 13.8 Å². The Morgan fingerprint density at radius 3 is 2.37 bits per heavy atom. The van der Waals surface area contributed by atoms with Gasteiger partial charge in [-0.05, 0) is 92.1 Å². The second-order valence-electron chi connectivity index (χ2n) is 14.3. The summed E-state index contributed by atoms with van der Waals surface area (Å²) in [6.07, 6.45) is 9.56. The molecule has 0 aromatic rings. The molecule has 196 valence electrons. The lowest BCUT2D eigenvalue weighted by Crippen LogP contribution is -2.54. The van der Waals surface area contributed by atoms with Crippen LogP contribution in [0.5, 0.6) is 0 Å². The predicted octanol–water partition coefficient (Wildman–Crippen LogP) is 5.50. The monoisotopic (exact) mass is 486 g/mol. The van der Waals surface area contributed by atoms with Crippen LogP contribution in [0.15, 0.2) is 23.3 Å². The van der Waals surface area contributed by atoms with Crippen molar-refractivity contribution in [2.75, 3.05) is 0 Å². The molecule has 35 heavy (non-hydrogen) atoms. The molecule has 5 heteroatoms. The molecule has 9 atom stereocenters. The van der Waals surface area contributed by atoms with Crippen molar-refractivity contribution in [3.63, 3.8) is 0 Å². The van der Waals surface area contributed by atoms with E-state index in [2.05, 4.69) is 46.8 Å². The minimum Gasteiger partial charge on any atom is -0.481 e. The fraction of sp³-hybridized carbons (Fsp3) is 0.833. The average molecular weight is 487 g/mol. The molecule has 5 rings (SSSR count). The normalized spacial score (nSPS) is 48.9. The van der Waals surface area contributed by atoms with Crippen molar-refractivity contribution in [2.24, 2.45) is 39.4 Å². The lowest BCUT2D eigenvalue weighted by atomic mass is 9.44. The van der Waals surface area contributed by atoms with Gasteiger partial charge in [0.1, 0.15) is 0 Å². The van der Waals surface area contributed by atoms with Gasteiger partial charge in [-0.25, -0.2) is 0 Å². The van der Waals surface area contributed by atoms with Crippen molar-refractivity contribution < 1.29 is 24.9 Å². The third-order valence-corrected chi connectivity index (χ3v) is 11.9. The topological polar surface area (TPSA) is 87.0 Å². The van der Waals surface area contributed by atoms with Crippen LogP contribution in [0.3, 0.4) is 0 Å². The van der Waals surface area contributed by atoms with Crippen molar-refractivity contribution in [3.8, 4) is 0 Å². The average Bonchev–Trinajstić information content (AvgIpc) is 2.86. The van der Waals surface area contributed by atoms with Crippen molar-refractivity contribution in [1.29, 1.82) is 0 Å². The highest BCUT2D eigenvalue weighted by atomic mass is 16.5. The zero-order valence-electron chi connectivity index (χ0n) is 22.7. The molecule has 1 saturated heterocycles. The molecule has 0 bridgehead atoms. The number of hydrogen-bond acceptors (Lipinski definition) is 4. The van der Waals surface area contributed by atoms with E-state index in [0.29, 0.717) is 18.8 Å². The Morgan fingerprint density at radius 2 is 1.74 bits per heavy atom. The maximum absolute atomic E-state index is 12.6. The molecule has 1 heterocycles. The number of carboxylic acid groups (broad SMARTS) is 1. The molecule has 0 unspecified atom stereocenters. The van der Waals surface area contributed by atoms with Gasteiger partial charge < -0.3 is 20.1 Å². The van der Waals surface area contributed by atoms with Gasteiger partial charge in [-0.3, -0.25) is 4.79 Å². The lowest BCUT2D eigenvalue weighted by Gasteiger charge is -2.60. The number of aliphatic hydroxyl groups excluding tert-OH is 1. The third-order valence-electron chi connectivity index (χ3n) is 11.9. The standard InChI is InChI=1S/C30H46O5/c1-26(2)21-10-9-19-18(28(21,5)14-13-22(26)31)12-15-29(6)24-17(25(32)33)8-11-23(27(3,4)34)35-20(24)16-30(19,29)7/h9,12,17,20-24,31,34H,8,10-11,13-16H2,1-7H3,(H,32,33)/t17-,20-,21+,22+,23-,24+,28-,29-,30+/m1/s1. The van der Waals surface area contributed by atoms with Crippen LogP contribution in [0, 0.1) is 39.4 Å². The zero-order chi connectivity index (χ0) is 25.8. The molecular weight excluding hydrogens is 440 g/mol. The van der Waals surface area contributed by atoms with Crippen LogP contribution in [-0.4, -0.2) is 45.2 Å². The quantitative estimate of drug-likeness (QED) is 0.480. The second kappa shape index (κ2) is 7.68. The molecule has 0 aromatic carbocycles. The summed E-state index contributed by atoms with van der Waals surface area (Å²) in [6.45, 7) is 15.1. The van der Waals surface area contributed by atoms with E-state index in [0.717, 1.165) is 32.1 Å². The van der Waals surface area contributed by atoms with Gasteiger partial charge >= 0.3 is 5.97 Å². The number of carboxylic acids is 1. The van der Waals surface area contributed by atoms with Crippen LogP contribution in [0.25, 0.3) is 0 Å². The van der Waals surface area contributed by atoms with Gasteiger partial charge in [0.2, 0.25) is 0 Å². The van der Waals surface area contributed by atoms with E-state index in [1.807, 2.05) is 0 Å². The first kappa shape index (κ1) is 25.5. The Hall–Kier alpha value is -1.17. The summed E-state index contributed by atoms with van der Waals surface area (Å²) in [4.78, 5) is 12.6. The molecular formula is C30H46O5. The molecule has 0 radical (unpaired) electrons. The molecule has 5 nitrogen and oxygen atoms in total. The number of fused-ring (bicyclic) bond motifs is 7. The largest absolute Gasteiger partial charge is 0.481 e. The summed E-state index contributed by atoms with van der Waals surface area (Å²) in [6, 6.07) is 0. The summed E-state index contributed by atoms with van der Waals surface area (Å²) in [5.74, 6) is -0.902. The lowest BCUT2D eigenvalue weighted by molar-refractivity contribution is -0.150. The van der Waals surface area contributed by atoms with E-state index in [9.17, 15) is 20.1 Å². The summed E-state index contributed by atoms with van der Waals surface area (Å²) in [5, 5.41) is 32.0. The van der Waals surface area contributed by atoms with Crippen LogP contribution in [0.4, 0.5) is 0 Å². The summed E-state index contributed by atoms with van der Waals surface area (Å²) in [7, 11) is 0. The molecule has 3 fully saturated rings. The Balaban J connectivity index is 1.59. The Kier molecular flexibility index (Phi) is 5.59. The van der Waals surface area contributed by atoms with Crippen molar-refractivity contribution >= 4 is 5.97 Å². The van der Waals surface area contributed by atoms with Crippen molar-refractivity contribution in [1.82, 2.24) is 0 Å². The van der Waals surface area contributed by atoms with Gasteiger partial charge in [0.25, 0.3) is 0 Å². The molecule has 3 N–H and O–H groups in total. The fourth-order valence-electron chi connectivity index (χ4n) is 9.50. The van der Waals surface area contributed by atoms with Crippen LogP contribution in [-0.2, 0) is 9.53 Å². The molecule has 5 aliphatic rings. The number of ether oxygens (including phenoxy) is 1. The minimum atomic E-state index is -1.00. The highest BCUT2D eigenvalue weighted by Crippen LogP contribution is 2.72. The number of aliphatic carboxylic acids is 1. The summed E-state index contributed by atoms with van der Waals surface area (Å²) < 4.78 is 6.66.